The highest BCUT2D eigenvalue weighted by Crippen LogP contribution is 2.27. The van der Waals surface area contributed by atoms with Crippen molar-refractivity contribution in [2.75, 3.05) is 12.3 Å². The van der Waals surface area contributed by atoms with Gasteiger partial charge in [0.1, 0.15) is 0 Å². The van der Waals surface area contributed by atoms with E-state index in [1.807, 2.05) is 19.1 Å². The minimum Gasteiger partial charge on any atom is -0.462 e. The third kappa shape index (κ3) is 1.52. The number of esters is 1. The summed E-state index contributed by atoms with van der Waals surface area (Å²) in [7, 11) is 0. The normalized spacial score (nSPS) is 10.6. The molecular formula is C12H14N2O2. The van der Waals surface area contributed by atoms with Crippen molar-refractivity contribution < 1.29 is 9.53 Å². The van der Waals surface area contributed by atoms with Crippen molar-refractivity contribution in [2.24, 2.45) is 0 Å². The molecule has 0 bridgehead atoms. The lowest BCUT2D eigenvalue weighted by atomic mass is 10.1. The zero-order valence-corrected chi connectivity index (χ0v) is 9.33. The van der Waals surface area contributed by atoms with Crippen molar-refractivity contribution in [2.45, 2.75) is 13.8 Å². The molecule has 0 aliphatic heterocycles. The van der Waals surface area contributed by atoms with Crippen molar-refractivity contribution in [3.05, 3.63) is 29.5 Å². The number of ether oxygens (including phenoxy) is 1. The molecule has 1 heterocycles. The third-order valence-corrected chi connectivity index (χ3v) is 2.57. The molecule has 0 saturated heterocycles. The fraction of sp³-hybridized carbons (Fsp3) is 0.250. The van der Waals surface area contributed by atoms with E-state index in [1.165, 1.54) is 0 Å². The lowest BCUT2D eigenvalue weighted by Crippen LogP contribution is -2.04. The summed E-state index contributed by atoms with van der Waals surface area (Å²) in [5.74, 6) is -0.317. The number of H-pyrrole nitrogens is 1. The first-order valence-electron chi connectivity index (χ1n) is 5.18. The van der Waals surface area contributed by atoms with Crippen molar-refractivity contribution in [1.82, 2.24) is 4.98 Å². The van der Waals surface area contributed by atoms with E-state index in [-0.39, 0.29) is 5.97 Å². The van der Waals surface area contributed by atoms with Crippen molar-refractivity contribution in [3.8, 4) is 0 Å². The molecule has 2 rings (SSSR count). The smallest absolute Gasteiger partial charge is 0.340 e. The monoisotopic (exact) mass is 218 g/mol. The van der Waals surface area contributed by atoms with Gasteiger partial charge in [0.2, 0.25) is 0 Å². The van der Waals surface area contributed by atoms with Gasteiger partial charge >= 0.3 is 5.97 Å². The number of nitrogens with one attached hydrogen (secondary N) is 1. The van der Waals surface area contributed by atoms with Gasteiger partial charge in [-0.15, -0.1) is 0 Å². The van der Waals surface area contributed by atoms with E-state index >= 15 is 0 Å². The van der Waals surface area contributed by atoms with Crippen LogP contribution in [0.5, 0.6) is 0 Å². The Balaban J connectivity index is 2.64. The Kier molecular flexibility index (Phi) is 2.56. The molecule has 0 fully saturated rings. The molecule has 0 unspecified atom stereocenters. The highest BCUT2D eigenvalue weighted by Gasteiger charge is 2.15. The van der Waals surface area contributed by atoms with Gasteiger partial charge in [0.25, 0.3) is 0 Å². The van der Waals surface area contributed by atoms with Crippen LogP contribution in [0.4, 0.5) is 5.69 Å². The van der Waals surface area contributed by atoms with Gasteiger partial charge in [-0.25, -0.2) is 4.79 Å². The summed E-state index contributed by atoms with van der Waals surface area (Å²) >= 11 is 0. The summed E-state index contributed by atoms with van der Waals surface area (Å²) in [5, 5.41) is 0.846. The number of carbonyl (C=O) groups is 1. The molecular weight excluding hydrogens is 204 g/mol. The van der Waals surface area contributed by atoms with Gasteiger partial charge in [-0.3, -0.25) is 0 Å². The number of aryl methyl sites for hydroxylation is 1. The maximum Gasteiger partial charge on any atom is 0.340 e. The maximum atomic E-state index is 11.7. The highest BCUT2D eigenvalue weighted by atomic mass is 16.5. The molecule has 0 saturated carbocycles. The molecule has 16 heavy (non-hydrogen) atoms. The Hall–Kier alpha value is -1.97. The van der Waals surface area contributed by atoms with Crippen LogP contribution in [0.1, 0.15) is 22.8 Å². The minimum absolute atomic E-state index is 0.317. The van der Waals surface area contributed by atoms with E-state index in [4.69, 9.17) is 10.5 Å². The number of rotatable bonds is 2. The number of hydrogen-bond donors (Lipinski definition) is 2. The Labute approximate surface area is 93.4 Å². The zero-order chi connectivity index (χ0) is 11.7. The maximum absolute atomic E-state index is 11.7. The van der Waals surface area contributed by atoms with Crippen LogP contribution >= 0.6 is 0 Å². The van der Waals surface area contributed by atoms with Gasteiger partial charge in [-0.05, 0) is 25.5 Å². The van der Waals surface area contributed by atoms with Crippen LogP contribution in [-0.2, 0) is 4.74 Å². The molecule has 0 amide bonds. The summed E-state index contributed by atoms with van der Waals surface area (Å²) in [4.78, 5) is 14.7. The summed E-state index contributed by atoms with van der Waals surface area (Å²) in [6, 6.07) is 3.72. The second-order valence-electron chi connectivity index (χ2n) is 3.64. The summed E-state index contributed by atoms with van der Waals surface area (Å²) in [6.45, 7) is 4.10. The van der Waals surface area contributed by atoms with Crippen LogP contribution in [0.2, 0.25) is 0 Å². The predicted molar refractivity (Wildman–Crippen MR) is 63.4 cm³/mol. The Morgan fingerprint density at radius 2 is 2.25 bits per heavy atom. The minimum atomic E-state index is -0.317. The van der Waals surface area contributed by atoms with E-state index in [1.54, 1.807) is 13.1 Å². The number of anilines is 1. The second-order valence-corrected chi connectivity index (χ2v) is 3.64. The van der Waals surface area contributed by atoms with Crippen LogP contribution < -0.4 is 5.73 Å². The van der Waals surface area contributed by atoms with Crippen LogP contribution in [0.15, 0.2) is 18.3 Å². The van der Waals surface area contributed by atoms with Crippen molar-refractivity contribution in [1.29, 1.82) is 0 Å². The van der Waals surface area contributed by atoms with Gasteiger partial charge in [0, 0.05) is 11.6 Å². The number of carbonyl (C=O) groups excluding carboxylic acids is 1. The fourth-order valence-electron chi connectivity index (χ4n) is 1.81. The molecule has 3 N–H and O–H groups in total. The Bertz CT molecular complexity index is 543. The van der Waals surface area contributed by atoms with E-state index < -0.39 is 0 Å². The third-order valence-electron chi connectivity index (χ3n) is 2.57. The number of hydrogen-bond acceptors (Lipinski definition) is 3. The van der Waals surface area contributed by atoms with Crippen LogP contribution in [0.3, 0.4) is 0 Å². The number of aromatic nitrogens is 1. The van der Waals surface area contributed by atoms with Gasteiger partial charge in [0.05, 0.1) is 23.4 Å². The van der Waals surface area contributed by atoms with Crippen LogP contribution in [-0.4, -0.2) is 17.6 Å². The molecule has 0 spiro atoms. The molecule has 4 nitrogen and oxygen atoms in total. The standard InChI is InChI=1S/C12H14N2O2/c1-3-16-12(15)8-6-14-11-9(13)5-4-7(2)10(8)11/h4-6,14H,3,13H2,1-2H3. The highest BCUT2D eigenvalue weighted by molar-refractivity contribution is 6.08. The topological polar surface area (TPSA) is 68.1 Å². The summed E-state index contributed by atoms with van der Waals surface area (Å²) in [6.07, 6.45) is 1.64. The average molecular weight is 218 g/mol. The Morgan fingerprint density at radius 3 is 2.94 bits per heavy atom. The number of fused-ring (bicyclic) bond motifs is 1. The zero-order valence-electron chi connectivity index (χ0n) is 9.33. The first kappa shape index (κ1) is 10.5. The lowest BCUT2D eigenvalue weighted by molar-refractivity contribution is 0.0528. The quantitative estimate of drug-likeness (QED) is 0.600. The SMILES string of the molecule is CCOC(=O)c1c[nH]c2c(N)ccc(C)c12. The van der Waals surface area contributed by atoms with Crippen LogP contribution in [0, 0.1) is 6.92 Å². The summed E-state index contributed by atoms with van der Waals surface area (Å²) in [5.41, 5.74) is 8.81. The van der Waals surface area contributed by atoms with Gasteiger partial charge in [0.15, 0.2) is 0 Å². The molecule has 1 aromatic heterocycles. The van der Waals surface area contributed by atoms with Crippen molar-refractivity contribution in [3.63, 3.8) is 0 Å². The molecule has 0 aliphatic rings. The molecule has 84 valence electrons. The average Bonchev–Trinajstić information content (AvgIpc) is 2.69. The first-order chi connectivity index (χ1) is 7.65. The summed E-state index contributed by atoms with van der Waals surface area (Å²) < 4.78 is 4.99. The number of aromatic amines is 1. The fourth-order valence-corrected chi connectivity index (χ4v) is 1.81. The van der Waals surface area contributed by atoms with E-state index in [2.05, 4.69) is 4.98 Å². The second kappa shape index (κ2) is 3.89. The number of nitrogens with two attached hydrogens (primary N) is 1. The molecule has 0 aliphatic carbocycles. The van der Waals surface area contributed by atoms with E-state index in [0.29, 0.717) is 17.9 Å². The number of nitrogen functional groups attached to an aromatic ring is 1. The predicted octanol–water partition coefficient (Wildman–Crippen LogP) is 2.24. The van der Waals surface area contributed by atoms with Crippen LogP contribution in [0.25, 0.3) is 10.9 Å². The van der Waals surface area contributed by atoms with Gasteiger partial charge < -0.3 is 15.5 Å². The van der Waals surface area contributed by atoms with Crippen molar-refractivity contribution >= 4 is 22.6 Å². The molecule has 4 heteroatoms. The van der Waals surface area contributed by atoms with Gasteiger partial charge in [-0.1, -0.05) is 6.07 Å². The first-order valence-corrected chi connectivity index (χ1v) is 5.18. The molecule has 0 atom stereocenters. The Morgan fingerprint density at radius 1 is 1.50 bits per heavy atom. The van der Waals surface area contributed by atoms with Gasteiger partial charge in [-0.2, -0.15) is 0 Å². The lowest BCUT2D eigenvalue weighted by Gasteiger charge is -2.03. The number of benzene rings is 1. The van der Waals surface area contributed by atoms with E-state index in [9.17, 15) is 4.79 Å². The molecule has 0 radical (unpaired) electrons. The van der Waals surface area contributed by atoms with E-state index in [0.717, 1.165) is 16.5 Å². The largest absolute Gasteiger partial charge is 0.462 e. The molecule has 1 aromatic carbocycles. The molecule has 2 aromatic rings.